The van der Waals surface area contributed by atoms with Gasteiger partial charge in [-0.1, -0.05) is 24.3 Å². The van der Waals surface area contributed by atoms with E-state index in [0.717, 1.165) is 16.7 Å². The van der Waals surface area contributed by atoms with Crippen LogP contribution in [0.25, 0.3) is 16.7 Å². The first-order valence-electron chi connectivity index (χ1n) is 11.2. The molecular weight excluding hydrogens is 460 g/mol. The lowest BCUT2D eigenvalue weighted by atomic mass is 10.1. The Kier molecular flexibility index (Phi) is 6.23. The molecule has 0 radical (unpaired) electrons. The minimum absolute atomic E-state index is 0.174. The summed E-state index contributed by atoms with van der Waals surface area (Å²) in [6.45, 7) is 0.591. The van der Waals surface area contributed by atoms with Gasteiger partial charge in [-0.05, 0) is 47.0 Å². The van der Waals surface area contributed by atoms with E-state index in [1.807, 2.05) is 36.4 Å². The van der Waals surface area contributed by atoms with Gasteiger partial charge >= 0.3 is 5.97 Å². The smallest absolute Gasteiger partial charge is 0.309 e. The second kappa shape index (κ2) is 9.79. The number of aromatic nitrogens is 5. The van der Waals surface area contributed by atoms with Crippen LogP contribution in [0, 0.1) is 0 Å². The fourth-order valence-electron chi connectivity index (χ4n) is 3.99. The molecule has 0 bridgehead atoms. The number of fused-ring (bicyclic) bond motifs is 3. The van der Waals surface area contributed by atoms with Crippen molar-refractivity contribution in [3.63, 3.8) is 0 Å². The highest BCUT2D eigenvalue weighted by molar-refractivity contribution is 5.98. The third kappa shape index (κ3) is 4.56. The Hall–Kier alpha value is -4.86. The van der Waals surface area contributed by atoms with Crippen LogP contribution in [0.5, 0.6) is 0 Å². The van der Waals surface area contributed by atoms with Crippen LogP contribution in [0.4, 0.5) is 0 Å². The molecule has 10 heteroatoms. The van der Waals surface area contributed by atoms with Crippen molar-refractivity contribution >= 4 is 28.6 Å². The summed E-state index contributed by atoms with van der Waals surface area (Å²) in [5, 5.41) is 11.4. The predicted molar refractivity (Wildman–Crippen MR) is 131 cm³/mol. The summed E-state index contributed by atoms with van der Waals surface area (Å²) in [6, 6.07) is 16.0. The van der Waals surface area contributed by atoms with Crippen LogP contribution < -0.4 is 10.9 Å². The molecule has 0 aliphatic carbocycles. The molecule has 1 N–H and O–H groups in total. The molecule has 0 saturated carbocycles. The average Bonchev–Trinajstić information content (AvgIpc) is 3.41. The van der Waals surface area contributed by atoms with Crippen molar-refractivity contribution in [1.82, 2.24) is 29.5 Å². The summed E-state index contributed by atoms with van der Waals surface area (Å²) in [7, 11) is 1.35. The van der Waals surface area contributed by atoms with E-state index in [-0.39, 0.29) is 30.4 Å². The Labute approximate surface area is 205 Å². The van der Waals surface area contributed by atoms with E-state index in [2.05, 4.69) is 20.5 Å². The lowest BCUT2D eigenvalue weighted by molar-refractivity contribution is -0.139. The second-order valence-corrected chi connectivity index (χ2v) is 8.23. The monoisotopic (exact) mass is 482 g/mol. The van der Waals surface area contributed by atoms with Gasteiger partial charge in [0.15, 0.2) is 0 Å². The Morgan fingerprint density at radius 2 is 1.72 bits per heavy atom. The highest BCUT2D eigenvalue weighted by Gasteiger charge is 2.15. The normalized spacial score (nSPS) is 11.0. The minimum atomic E-state index is -0.320. The number of pyridine rings is 1. The topological polar surface area (TPSA) is 120 Å². The van der Waals surface area contributed by atoms with Gasteiger partial charge in [0.25, 0.3) is 11.5 Å². The molecule has 3 aromatic heterocycles. The van der Waals surface area contributed by atoms with Crippen LogP contribution in [0.3, 0.4) is 0 Å². The number of rotatable bonds is 7. The maximum Gasteiger partial charge on any atom is 0.309 e. The standard InChI is InChI=1S/C26H22N6O4/c1-36-23(33)12-17-2-4-19(5-3-17)15-31-25(35)21-13-20(6-7-22(21)32-16-29-30-26(31)32)24(34)28-14-18-8-10-27-11-9-18/h2-11,13,16H,12,14-15H2,1H3,(H,28,34). The molecule has 5 aromatic rings. The number of hydrogen-bond acceptors (Lipinski definition) is 7. The molecule has 0 aliphatic rings. The van der Waals surface area contributed by atoms with E-state index < -0.39 is 0 Å². The van der Waals surface area contributed by atoms with Gasteiger partial charge in [-0.2, -0.15) is 0 Å². The molecular formula is C26H22N6O4. The summed E-state index contributed by atoms with van der Waals surface area (Å²) < 4.78 is 7.95. The summed E-state index contributed by atoms with van der Waals surface area (Å²) in [6.07, 6.45) is 5.04. The van der Waals surface area contributed by atoms with Gasteiger partial charge in [-0.3, -0.25) is 28.3 Å². The van der Waals surface area contributed by atoms with Crippen molar-refractivity contribution in [2.24, 2.45) is 0 Å². The number of hydrogen-bond donors (Lipinski definition) is 1. The predicted octanol–water partition coefficient (Wildman–Crippen LogP) is 2.13. The van der Waals surface area contributed by atoms with Crippen molar-refractivity contribution in [3.05, 3.63) is 106 Å². The second-order valence-electron chi connectivity index (χ2n) is 8.23. The third-order valence-corrected chi connectivity index (χ3v) is 5.91. The Balaban J connectivity index is 1.47. The highest BCUT2D eigenvalue weighted by atomic mass is 16.5. The van der Waals surface area contributed by atoms with Gasteiger partial charge in [0.1, 0.15) is 6.33 Å². The van der Waals surface area contributed by atoms with Crippen molar-refractivity contribution in [1.29, 1.82) is 0 Å². The average molecular weight is 483 g/mol. The summed E-state index contributed by atoms with van der Waals surface area (Å²) in [5.74, 6) is -0.218. The number of carbonyl (C=O) groups is 2. The number of amides is 1. The van der Waals surface area contributed by atoms with Gasteiger partial charge in [0.2, 0.25) is 5.78 Å². The molecule has 0 unspecified atom stereocenters. The summed E-state index contributed by atoms with van der Waals surface area (Å²) in [5.41, 5.74) is 3.28. The van der Waals surface area contributed by atoms with Gasteiger partial charge in [0.05, 0.1) is 31.0 Å². The number of carbonyl (C=O) groups excluding carboxylic acids is 2. The van der Waals surface area contributed by atoms with E-state index in [1.165, 1.54) is 18.0 Å². The molecule has 3 heterocycles. The van der Waals surface area contributed by atoms with Crippen molar-refractivity contribution < 1.29 is 14.3 Å². The number of nitrogens with one attached hydrogen (secondary N) is 1. The summed E-state index contributed by atoms with van der Waals surface area (Å²) >= 11 is 0. The molecule has 0 fully saturated rings. The van der Waals surface area contributed by atoms with Crippen molar-refractivity contribution in [3.8, 4) is 0 Å². The molecule has 2 aromatic carbocycles. The van der Waals surface area contributed by atoms with Crippen LogP contribution in [0.1, 0.15) is 27.0 Å². The maximum absolute atomic E-state index is 13.5. The Bertz CT molecular complexity index is 1620. The zero-order chi connectivity index (χ0) is 25.1. The van der Waals surface area contributed by atoms with Crippen LogP contribution >= 0.6 is 0 Å². The quantitative estimate of drug-likeness (QED) is 0.353. The van der Waals surface area contributed by atoms with Gasteiger partial charge in [-0.15, -0.1) is 10.2 Å². The van der Waals surface area contributed by atoms with E-state index in [9.17, 15) is 14.4 Å². The zero-order valence-electron chi connectivity index (χ0n) is 19.4. The van der Waals surface area contributed by atoms with E-state index in [1.54, 1.807) is 35.0 Å². The lowest BCUT2D eigenvalue weighted by Gasteiger charge is -2.12. The first kappa shape index (κ1) is 22.9. The lowest BCUT2D eigenvalue weighted by Crippen LogP contribution is -2.25. The maximum atomic E-state index is 13.5. The van der Waals surface area contributed by atoms with E-state index >= 15 is 0 Å². The first-order chi connectivity index (χ1) is 17.5. The minimum Gasteiger partial charge on any atom is -0.469 e. The molecule has 0 spiro atoms. The van der Waals surface area contributed by atoms with Crippen LogP contribution in [0.15, 0.2) is 78.1 Å². The molecule has 1 amide bonds. The largest absolute Gasteiger partial charge is 0.469 e. The van der Waals surface area contributed by atoms with Crippen LogP contribution in [-0.2, 0) is 29.0 Å². The molecule has 10 nitrogen and oxygen atoms in total. The summed E-state index contributed by atoms with van der Waals surface area (Å²) in [4.78, 5) is 41.8. The SMILES string of the molecule is COC(=O)Cc1ccc(Cn2c(=O)c3cc(C(=O)NCc4ccncc4)ccc3n3cnnc23)cc1. The molecule has 180 valence electrons. The first-order valence-corrected chi connectivity index (χ1v) is 11.2. The Morgan fingerprint density at radius 3 is 2.47 bits per heavy atom. The number of methoxy groups -OCH3 is 1. The molecule has 0 aliphatic heterocycles. The van der Waals surface area contributed by atoms with Gasteiger partial charge in [-0.25, -0.2) is 0 Å². The number of nitrogens with zero attached hydrogens (tertiary/aromatic N) is 5. The number of esters is 1. The molecule has 36 heavy (non-hydrogen) atoms. The molecule has 0 atom stereocenters. The van der Waals surface area contributed by atoms with Crippen LogP contribution in [-0.4, -0.2) is 43.1 Å². The van der Waals surface area contributed by atoms with E-state index in [0.29, 0.717) is 28.8 Å². The fraction of sp³-hybridized carbons (Fsp3) is 0.154. The highest BCUT2D eigenvalue weighted by Crippen LogP contribution is 2.16. The Morgan fingerprint density at radius 1 is 0.972 bits per heavy atom. The fourth-order valence-corrected chi connectivity index (χ4v) is 3.99. The van der Waals surface area contributed by atoms with Crippen molar-refractivity contribution in [2.45, 2.75) is 19.5 Å². The molecule has 5 rings (SSSR count). The van der Waals surface area contributed by atoms with Crippen LogP contribution in [0.2, 0.25) is 0 Å². The molecule has 0 saturated heterocycles. The van der Waals surface area contributed by atoms with E-state index in [4.69, 9.17) is 4.74 Å². The third-order valence-electron chi connectivity index (χ3n) is 5.91. The zero-order valence-corrected chi connectivity index (χ0v) is 19.4. The van der Waals surface area contributed by atoms with Crippen molar-refractivity contribution in [2.75, 3.05) is 7.11 Å². The number of ether oxygens (including phenoxy) is 1. The number of benzene rings is 2. The van der Waals surface area contributed by atoms with Gasteiger partial charge in [0, 0.05) is 24.5 Å². The van der Waals surface area contributed by atoms with Gasteiger partial charge < -0.3 is 10.1 Å².